The lowest BCUT2D eigenvalue weighted by Crippen LogP contribution is -2.15. The van der Waals surface area contributed by atoms with Crippen LogP contribution in [0.2, 0.25) is 5.02 Å². The molecule has 3 rings (SSSR count). The van der Waals surface area contributed by atoms with Crippen LogP contribution in [0.15, 0.2) is 30.3 Å². The summed E-state index contributed by atoms with van der Waals surface area (Å²) in [7, 11) is -2.93. The van der Waals surface area contributed by atoms with Crippen molar-refractivity contribution < 1.29 is 8.42 Å². The van der Waals surface area contributed by atoms with Gasteiger partial charge in [0.05, 0.1) is 23.2 Å². The molecule has 1 aliphatic heterocycles. The van der Waals surface area contributed by atoms with E-state index in [4.69, 9.17) is 11.6 Å². The Morgan fingerprint density at radius 2 is 2.09 bits per heavy atom. The second-order valence-electron chi connectivity index (χ2n) is 5.65. The molecule has 0 saturated carbocycles. The van der Waals surface area contributed by atoms with Gasteiger partial charge in [-0.3, -0.25) is 0 Å². The smallest absolute Gasteiger partial charge is 0.152 e. The highest BCUT2D eigenvalue weighted by Crippen LogP contribution is 2.27. The summed E-state index contributed by atoms with van der Waals surface area (Å²) < 4.78 is 25.2. The van der Waals surface area contributed by atoms with Crippen LogP contribution in [-0.4, -0.2) is 29.7 Å². The van der Waals surface area contributed by atoms with Crippen LogP contribution < -0.4 is 5.32 Å². The first kappa shape index (κ1) is 15.4. The second kappa shape index (κ2) is 5.93. The van der Waals surface area contributed by atoms with Crippen LogP contribution in [0.25, 0.3) is 0 Å². The van der Waals surface area contributed by atoms with E-state index < -0.39 is 9.84 Å². The lowest BCUT2D eigenvalue weighted by molar-refractivity contribution is 0.501. The molecule has 22 heavy (non-hydrogen) atoms. The third kappa shape index (κ3) is 3.44. The first-order valence-corrected chi connectivity index (χ1v) is 9.38. The van der Waals surface area contributed by atoms with Gasteiger partial charge in [-0.1, -0.05) is 23.7 Å². The molecular weight excluding hydrogens is 322 g/mol. The molecule has 2 aromatic rings. The standard InChI is InChI=1S/C15H18ClN3O2S/c1-11-8-15(17-9-12-2-4-13(16)5-3-12)19(18-11)14-6-7-22(20,21)10-14/h2-5,8,14,17H,6-7,9-10H2,1H3/t14-/m0/s1. The normalized spacial score (nSPS) is 20.2. The molecule has 5 nitrogen and oxygen atoms in total. The molecule has 1 aliphatic rings. The van der Waals surface area contributed by atoms with E-state index in [1.807, 2.05) is 41.9 Å². The minimum atomic E-state index is -2.93. The van der Waals surface area contributed by atoms with E-state index in [1.165, 1.54) is 0 Å². The molecule has 0 radical (unpaired) electrons. The number of benzene rings is 1. The van der Waals surface area contributed by atoms with Gasteiger partial charge in [-0.15, -0.1) is 0 Å². The van der Waals surface area contributed by atoms with E-state index >= 15 is 0 Å². The second-order valence-corrected chi connectivity index (χ2v) is 8.32. The first-order valence-electron chi connectivity index (χ1n) is 7.18. The Labute approximate surface area is 135 Å². The van der Waals surface area contributed by atoms with Gasteiger partial charge < -0.3 is 5.32 Å². The van der Waals surface area contributed by atoms with Crippen molar-refractivity contribution in [3.05, 3.63) is 46.6 Å². The Kier molecular flexibility index (Phi) is 4.14. The quantitative estimate of drug-likeness (QED) is 0.930. The maximum absolute atomic E-state index is 11.7. The Balaban J connectivity index is 1.75. The molecule has 7 heteroatoms. The number of halogens is 1. The van der Waals surface area contributed by atoms with Crippen molar-refractivity contribution in [2.45, 2.75) is 25.9 Å². The fourth-order valence-corrected chi connectivity index (χ4v) is 4.51. The van der Waals surface area contributed by atoms with E-state index in [9.17, 15) is 8.42 Å². The molecule has 1 saturated heterocycles. The zero-order valence-corrected chi connectivity index (χ0v) is 13.9. The van der Waals surface area contributed by atoms with Gasteiger partial charge in [-0.05, 0) is 31.0 Å². The van der Waals surface area contributed by atoms with Gasteiger partial charge in [0.1, 0.15) is 5.82 Å². The van der Waals surface area contributed by atoms with Crippen LogP contribution in [0.5, 0.6) is 0 Å². The van der Waals surface area contributed by atoms with Crippen molar-refractivity contribution in [2.75, 3.05) is 16.8 Å². The maximum atomic E-state index is 11.7. The topological polar surface area (TPSA) is 64.0 Å². The van der Waals surface area contributed by atoms with Crippen molar-refractivity contribution in [1.29, 1.82) is 0 Å². The van der Waals surface area contributed by atoms with Crippen molar-refractivity contribution in [2.24, 2.45) is 0 Å². The number of aryl methyl sites for hydroxylation is 1. The van der Waals surface area contributed by atoms with E-state index in [0.717, 1.165) is 17.1 Å². The summed E-state index contributed by atoms with van der Waals surface area (Å²) in [5.41, 5.74) is 1.98. The molecule has 0 aliphatic carbocycles. The summed E-state index contributed by atoms with van der Waals surface area (Å²) >= 11 is 5.88. The fraction of sp³-hybridized carbons (Fsp3) is 0.400. The predicted octanol–water partition coefficient (Wildman–Crippen LogP) is 2.82. The molecule has 2 heterocycles. The van der Waals surface area contributed by atoms with Gasteiger partial charge in [-0.2, -0.15) is 5.10 Å². The van der Waals surface area contributed by atoms with Gasteiger partial charge in [0.15, 0.2) is 9.84 Å². The molecule has 1 aromatic carbocycles. The maximum Gasteiger partial charge on any atom is 0.152 e. The Hall–Kier alpha value is -1.53. The summed E-state index contributed by atoms with van der Waals surface area (Å²) in [4.78, 5) is 0. The van der Waals surface area contributed by atoms with Crippen LogP contribution >= 0.6 is 11.6 Å². The highest BCUT2D eigenvalue weighted by atomic mass is 35.5. The average molecular weight is 340 g/mol. The molecule has 0 bridgehead atoms. The van der Waals surface area contributed by atoms with Gasteiger partial charge in [0.2, 0.25) is 0 Å². The van der Waals surface area contributed by atoms with Gasteiger partial charge in [0.25, 0.3) is 0 Å². The third-order valence-electron chi connectivity index (χ3n) is 3.80. The number of nitrogens with zero attached hydrogens (tertiary/aromatic N) is 2. The average Bonchev–Trinajstić information content (AvgIpc) is 3.00. The Bertz CT molecular complexity index is 769. The Morgan fingerprint density at radius 1 is 1.36 bits per heavy atom. The molecular formula is C15H18ClN3O2S. The lowest BCUT2D eigenvalue weighted by Gasteiger charge is -2.14. The number of anilines is 1. The first-order chi connectivity index (χ1) is 10.4. The molecule has 1 aromatic heterocycles. The van der Waals surface area contributed by atoms with Crippen molar-refractivity contribution >= 4 is 27.3 Å². The molecule has 0 spiro atoms. The number of rotatable bonds is 4. The molecule has 0 amide bonds. The molecule has 1 atom stereocenters. The summed E-state index contributed by atoms with van der Waals surface area (Å²) in [6.45, 7) is 2.55. The minimum absolute atomic E-state index is 0.0774. The number of sulfone groups is 1. The van der Waals surface area contributed by atoms with E-state index in [1.54, 1.807) is 0 Å². The highest BCUT2D eigenvalue weighted by Gasteiger charge is 2.31. The van der Waals surface area contributed by atoms with Crippen LogP contribution in [0, 0.1) is 6.92 Å². The van der Waals surface area contributed by atoms with Crippen LogP contribution in [0.3, 0.4) is 0 Å². The SMILES string of the molecule is Cc1cc(NCc2ccc(Cl)cc2)n([C@H]2CCS(=O)(=O)C2)n1. The molecule has 118 valence electrons. The molecule has 1 fully saturated rings. The highest BCUT2D eigenvalue weighted by molar-refractivity contribution is 7.91. The van der Waals surface area contributed by atoms with Crippen LogP contribution in [0.4, 0.5) is 5.82 Å². The molecule has 1 N–H and O–H groups in total. The number of aromatic nitrogens is 2. The summed E-state index contributed by atoms with van der Waals surface area (Å²) in [5.74, 6) is 1.27. The van der Waals surface area contributed by atoms with Crippen LogP contribution in [-0.2, 0) is 16.4 Å². The molecule has 0 unspecified atom stereocenters. The van der Waals surface area contributed by atoms with Gasteiger partial charge in [-0.25, -0.2) is 13.1 Å². The van der Waals surface area contributed by atoms with Crippen molar-refractivity contribution in [3.8, 4) is 0 Å². The van der Waals surface area contributed by atoms with E-state index in [-0.39, 0.29) is 17.5 Å². The van der Waals surface area contributed by atoms with E-state index in [0.29, 0.717) is 18.0 Å². The van der Waals surface area contributed by atoms with Crippen molar-refractivity contribution in [1.82, 2.24) is 9.78 Å². The zero-order chi connectivity index (χ0) is 15.7. The van der Waals surface area contributed by atoms with Crippen LogP contribution in [0.1, 0.15) is 23.7 Å². The predicted molar refractivity (Wildman–Crippen MR) is 88.1 cm³/mol. The summed E-state index contributed by atoms with van der Waals surface area (Å²) in [5, 5.41) is 8.50. The summed E-state index contributed by atoms with van der Waals surface area (Å²) in [6.07, 6.45) is 0.624. The van der Waals surface area contributed by atoms with E-state index in [2.05, 4.69) is 10.4 Å². The summed E-state index contributed by atoms with van der Waals surface area (Å²) in [6, 6.07) is 9.49. The minimum Gasteiger partial charge on any atom is -0.366 e. The van der Waals surface area contributed by atoms with Gasteiger partial charge in [0, 0.05) is 17.6 Å². The lowest BCUT2D eigenvalue weighted by atomic mass is 10.2. The Morgan fingerprint density at radius 3 is 2.73 bits per heavy atom. The third-order valence-corrected chi connectivity index (χ3v) is 5.80. The number of hydrogen-bond donors (Lipinski definition) is 1. The monoisotopic (exact) mass is 339 g/mol. The largest absolute Gasteiger partial charge is 0.366 e. The van der Waals surface area contributed by atoms with Gasteiger partial charge >= 0.3 is 0 Å². The van der Waals surface area contributed by atoms with Crippen molar-refractivity contribution in [3.63, 3.8) is 0 Å². The fourth-order valence-electron chi connectivity index (χ4n) is 2.69. The number of nitrogens with one attached hydrogen (secondary N) is 1. The zero-order valence-electron chi connectivity index (χ0n) is 12.3. The number of hydrogen-bond acceptors (Lipinski definition) is 4.